The number of alkyl halides is 2. The fourth-order valence-corrected chi connectivity index (χ4v) is 10.4. The number of aromatic nitrogens is 4. The van der Waals surface area contributed by atoms with Gasteiger partial charge in [-0.25, -0.2) is 19.6 Å². The monoisotopic (exact) mass is 831 g/mol. The molecule has 3 aromatic carbocycles. The zero-order valence-electron chi connectivity index (χ0n) is 35.3. The molecule has 5 aliphatic rings. The highest BCUT2D eigenvalue weighted by Crippen LogP contribution is 2.59. The Kier molecular flexibility index (Phi) is 8.95. The number of hydrogen-bond acceptors (Lipinski definition) is 7. The molecule has 2 aliphatic heterocycles. The van der Waals surface area contributed by atoms with Gasteiger partial charge in [0.25, 0.3) is 5.92 Å². The largest absolute Gasteiger partial charge is 0.453 e. The number of aromatic amines is 2. The maximum atomic E-state index is 16.6. The van der Waals surface area contributed by atoms with Crippen LogP contribution in [0.4, 0.5) is 18.4 Å². The van der Waals surface area contributed by atoms with Gasteiger partial charge in [0.1, 0.15) is 23.3 Å². The van der Waals surface area contributed by atoms with E-state index in [4.69, 9.17) is 19.4 Å². The summed E-state index contributed by atoms with van der Waals surface area (Å²) in [6.07, 6.45) is 6.30. The molecule has 2 unspecified atom stereocenters. The van der Waals surface area contributed by atoms with E-state index in [-0.39, 0.29) is 58.5 Å². The molecule has 3 aliphatic carbocycles. The van der Waals surface area contributed by atoms with Crippen molar-refractivity contribution in [3.05, 3.63) is 83.6 Å². The maximum Gasteiger partial charge on any atom is 0.411 e. The van der Waals surface area contributed by atoms with Crippen LogP contribution in [0.2, 0.25) is 0 Å². The number of benzene rings is 3. The molecule has 1 spiro atoms. The molecule has 2 saturated heterocycles. The number of halogens is 2. The Morgan fingerprint density at radius 2 is 1.61 bits per heavy atom. The molecular weight excluding hydrogens is 781 g/mol. The van der Waals surface area contributed by atoms with Crippen LogP contribution >= 0.6 is 0 Å². The van der Waals surface area contributed by atoms with Crippen LogP contribution < -0.4 is 5.32 Å². The van der Waals surface area contributed by atoms with E-state index in [0.29, 0.717) is 40.3 Å². The Morgan fingerprint density at radius 1 is 0.918 bits per heavy atom. The van der Waals surface area contributed by atoms with Crippen molar-refractivity contribution in [2.45, 2.75) is 109 Å². The Hall–Kier alpha value is -5.79. The number of rotatable bonds is 7. The molecule has 318 valence electrons. The van der Waals surface area contributed by atoms with Gasteiger partial charge in [-0.3, -0.25) is 9.69 Å². The van der Waals surface area contributed by atoms with Crippen LogP contribution in [0.3, 0.4) is 0 Å². The zero-order valence-corrected chi connectivity index (χ0v) is 35.3. The molecular formula is C47H51F2N7O5. The molecule has 5 aromatic rings. The summed E-state index contributed by atoms with van der Waals surface area (Å²) in [5.41, 5.74) is 4.32. The number of carbonyl (C=O) groups is 3. The van der Waals surface area contributed by atoms with Gasteiger partial charge < -0.3 is 29.7 Å². The third-order valence-corrected chi connectivity index (χ3v) is 13.7. The molecule has 5 atom stereocenters. The minimum atomic E-state index is -3.26. The first-order valence-corrected chi connectivity index (χ1v) is 21.4. The van der Waals surface area contributed by atoms with Gasteiger partial charge in [-0.05, 0) is 123 Å². The molecule has 12 nitrogen and oxygen atoms in total. The molecule has 3 amide bonds. The Morgan fingerprint density at radius 3 is 2.30 bits per heavy atom. The Labute approximate surface area is 352 Å². The van der Waals surface area contributed by atoms with Crippen molar-refractivity contribution in [3.63, 3.8) is 0 Å². The minimum Gasteiger partial charge on any atom is -0.453 e. The van der Waals surface area contributed by atoms with Crippen molar-refractivity contribution in [2.75, 3.05) is 13.7 Å². The Balaban J connectivity index is 0.901. The molecule has 0 radical (unpaired) electrons. The van der Waals surface area contributed by atoms with E-state index < -0.39 is 23.7 Å². The van der Waals surface area contributed by atoms with Crippen LogP contribution in [0.1, 0.15) is 108 Å². The van der Waals surface area contributed by atoms with E-state index in [9.17, 15) is 14.4 Å². The molecule has 2 bridgehead atoms. The lowest BCUT2D eigenvalue weighted by molar-refractivity contribution is -0.135. The summed E-state index contributed by atoms with van der Waals surface area (Å²) >= 11 is 0. The number of methoxy groups -OCH3 is 1. The first-order chi connectivity index (χ1) is 29.0. The van der Waals surface area contributed by atoms with Gasteiger partial charge in [0.05, 0.1) is 42.1 Å². The first-order valence-electron chi connectivity index (χ1n) is 21.4. The molecule has 2 aromatic heterocycles. The van der Waals surface area contributed by atoms with Crippen molar-refractivity contribution in [3.8, 4) is 33.5 Å². The standard InChI is InChI=1S/C47H51F2N7O5/c1-24(2)38(54-43(58)60-6)42(57)55-23-46(15-16-46)21-37(55)40-50-22-36(53-40)27-9-13-31-30-12-8-25(18-32(30)47(48,49)33(31)19-27)26-10-14-34-35(20-26)52-41(51-34)39-28-7-11-29(17-28)56(39)44(59)61-45(3,4)5/h8-10,12-14,18-20,22,24,28-29,37-39H,7,11,15-17,21,23H2,1-6H3,(H,50,53)(H,51,52)(H,54,58)/t28-,29?,37-,38-,39?/m0/s1. The highest BCUT2D eigenvalue weighted by atomic mass is 19.3. The van der Waals surface area contributed by atoms with E-state index in [0.717, 1.165) is 60.9 Å². The normalized spacial score (nSPS) is 23.4. The van der Waals surface area contributed by atoms with Crippen LogP contribution in [0.25, 0.3) is 44.5 Å². The lowest BCUT2D eigenvalue weighted by Crippen LogP contribution is -2.51. The SMILES string of the molecule is COC(=O)N[C@H](C(=O)N1CC2(CC2)C[C@H]1c1ncc(-c2ccc3c(c2)C(F)(F)c2cc(-c4ccc5nc(C6[C@H]7CCC(C7)N6C(=O)OC(C)(C)C)[nH]c5c4)ccc2-3)[nH]1)C(C)C. The highest BCUT2D eigenvalue weighted by molar-refractivity contribution is 5.88. The number of H-pyrrole nitrogens is 2. The quantitative estimate of drug-likeness (QED) is 0.148. The Bertz CT molecular complexity index is 2610. The number of nitrogens with one attached hydrogen (secondary N) is 3. The summed E-state index contributed by atoms with van der Waals surface area (Å²) in [6, 6.07) is 14.9. The zero-order chi connectivity index (χ0) is 42.7. The molecule has 14 heteroatoms. The number of alkyl carbamates (subject to hydrolysis) is 1. The van der Waals surface area contributed by atoms with Gasteiger partial charge in [-0.1, -0.05) is 44.2 Å². The van der Waals surface area contributed by atoms with Crippen molar-refractivity contribution in [1.29, 1.82) is 0 Å². The average Bonchev–Trinajstić information content (AvgIpc) is 3.87. The maximum absolute atomic E-state index is 16.6. The predicted octanol–water partition coefficient (Wildman–Crippen LogP) is 9.64. The van der Waals surface area contributed by atoms with Crippen LogP contribution in [0, 0.1) is 17.3 Å². The summed E-state index contributed by atoms with van der Waals surface area (Å²) in [6.45, 7) is 9.93. The summed E-state index contributed by atoms with van der Waals surface area (Å²) in [7, 11) is 1.27. The highest BCUT2D eigenvalue weighted by Gasteiger charge is 2.55. The van der Waals surface area contributed by atoms with Crippen LogP contribution in [0.15, 0.2) is 60.8 Å². The topological polar surface area (TPSA) is 146 Å². The summed E-state index contributed by atoms with van der Waals surface area (Å²) in [5, 5.41) is 2.70. The summed E-state index contributed by atoms with van der Waals surface area (Å²) < 4.78 is 43.8. The lowest BCUT2D eigenvalue weighted by Gasteiger charge is -2.35. The number of amides is 3. The number of carbonyl (C=O) groups excluding carboxylic acids is 3. The van der Waals surface area contributed by atoms with Crippen LogP contribution in [-0.2, 0) is 20.2 Å². The summed E-state index contributed by atoms with van der Waals surface area (Å²) in [5.74, 6) is -2.03. The van der Waals surface area contributed by atoms with Gasteiger partial charge >= 0.3 is 12.2 Å². The molecule has 2 saturated carbocycles. The van der Waals surface area contributed by atoms with E-state index in [1.165, 1.54) is 13.2 Å². The smallest absolute Gasteiger partial charge is 0.411 e. The molecule has 61 heavy (non-hydrogen) atoms. The number of piperidine rings is 1. The number of likely N-dealkylation sites (tertiary alicyclic amines) is 2. The van der Waals surface area contributed by atoms with E-state index in [1.807, 2.05) is 74.8 Å². The van der Waals surface area contributed by atoms with Crippen LogP contribution in [-0.4, -0.2) is 79.2 Å². The number of fused-ring (bicyclic) bond motifs is 6. The lowest BCUT2D eigenvalue weighted by atomic mass is 9.98. The number of imidazole rings is 2. The predicted molar refractivity (Wildman–Crippen MR) is 224 cm³/mol. The van der Waals surface area contributed by atoms with E-state index in [1.54, 1.807) is 24.4 Å². The summed E-state index contributed by atoms with van der Waals surface area (Å²) in [4.78, 5) is 59.6. The van der Waals surface area contributed by atoms with E-state index in [2.05, 4.69) is 15.3 Å². The van der Waals surface area contributed by atoms with Gasteiger partial charge in [0.15, 0.2) is 0 Å². The second-order valence-corrected chi connectivity index (χ2v) is 19.2. The molecule has 10 rings (SSSR count). The van der Waals surface area contributed by atoms with Crippen LogP contribution in [0.5, 0.6) is 0 Å². The first kappa shape index (κ1) is 39.4. The molecule has 4 fully saturated rings. The molecule has 3 N–H and O–H groups in total. The second-order valence-electron chi connectivity index (χ2n) is 19.2. The van der Waals surface area contributed by atoms with Crippen molar-refractivity contribution in [2.24, 2.45) is 17.3 Å². The minimum absolute atomic E-state index is 0.0215. The van der Waals surface area contributed by atoms with E-state index >= 15 is 8.78 Å². The van der Waals surface area contributed by atoms with Gasteiger partial charge in [-0.2, -0.15) is 8.78 Å². The van der Waals surface area contributed by atoms with Gasteiger partial charge in [-0.15, -0.1) is 0 Å². The average molecular weight is 832 g/mol. The van der Waals surface area contributed by atoms with Gasteiger partial charge in [0, 0.05) is 29.3 Å². The third kappa shape index (κ3) is 6.64. The number of ether oxygens (including phenoxy) is 2. The molecule has 4 heterocycles. The van der Waals surface area contributed by atoms with Crippen molar-refractivity contribution in [1.82, 2.24) is 35.1 Å². The fraction of sp³-hybridized carbons (Fsp3) is 0.468. The third-order valence-electron chi connectivity index (χ3n) is 13.7. The van der Waals surface area contributed by atoms with Crippen molar-refractivity contribution < 1.29 is 32.6 Å². The van der Waals surface area contributed by atoms with Crippen molar-refractivity contribution >= 4 is 29.1 Å². The second kappa shape index (κ2) is 13.9. The number of nitrogens with zero attached hydrogens (tertiary/aromatic N) is 4. The number of hydrogen-bond donors (Lipinski definition) is 3. The van der Waals surface area contributed by atoms with Gasteiger partial charge in [0.2, 0.25) is 5.91 Å². The fourth-order valence-electron chi connectivity index (χ4n) is 10.4.